The second kappa shape index (κ2) is 5.05. The van der Waals surface area contributed by atoms with Gasteiger partial charge in [0.15, 0.2) is 11.6 Å². The van der Waals surface area contributed by atoms with Gasteiger partial charge in [0.2, 0.25) is 0 Å². The van der Waals surface area contributed by atoms with Crippen molar-refractivity contribution in [2.75, 3.05) is 5.32 Å². The molecular formula is C15H15N3O3. The van der Waals surface area contributed by atoms with Gasteiger partial charge in [0.1, 0.15) is 5.58 Å². The first kappa shape index (κ1) is 13.4. The van der Waals surface area contributed by atoms with Crippen LogP contribution in [0.15, 0.2) is 27.1 Å². The number of benzene rings is 1. The van der Waals surface area contributed by atoms with E-state index in [1.165, 1.54) is 0 Å². The maximum Gasteiger partial charge on any atom is 0.328 e. The van der Waals surface area contributed by atoms with Crippen molar-refractivity contribution in [1.29, 1.82) is 0 Å². The minimum Gasteiger partial charge on any atom is -0.451 e. The highest BCUT2D eigenvalue weighted by atomic mass is 16.5. The van der Waals surface area contributed by atoms with Crippen LogP contribution in [0.4, 0.5) is 6.01 Å². The number of furan rings is 1. The van der Waals surface area contributed by atoms with Crippen LogP contribution in [0.2, 0.25) is 0 Å². The van der Waals surface area contributed by atoms with Crippen LogP contribution in [0.25, 0.3) is 11.0 Å². The minimum absolute atomic E-state index is 0.0767. The first-order valence-corrected chi connectivity index (χ1v) is 6.72. The number of hydrogen-bond donors (Lipinski definition) is 1. The van der Waals surface area contributed by atoms with Gasteiger partial charge < -0.3 is 8.94 Å². The topological polar surface area (TPSA) is 81.2 Å². The molecule has 6 heteroatoms. The molecule has 2 heterocycles. The average Bonchev–Trinajstić information content (AvgIpc) is 3.03. The summed E-state index contributed by atoms with van der Waals surface area (Å²) in [6.07, 6.45) is 0.641. The van der Waals surface area contributed by atoms with Crippen LogP contribution in [0, 0.1) is 13.8 Å². The molecule has 0 fully saturated rings. The van der Waals surface area contributed by atoms with Crippen LogP contribution < -0.4 is 5.32 Å². The minimum atomic E-state index is -0.396. The zero-order valence-electron chi connectivity index (χ0n) is 12.1. The molecule has 0 saturated heterocycles. The van der Waals surface area contributed by atoms with Crippen molar-refractivity contribution in [1.82, 2.24) is 10.1 Å². The summed E-state index contributed by atoms with van der Waals surface area (Å²) in [5.74, 6) is 0.404. The number of hydrogen-bond acceptors (Lipinski definition) is 5. The Labute approximate surface area is 121 Å². The lowest BCUT2D eigenvalue weighted by molar-refractivity contribution is 0.0994. The summed E-state index contributed by atoms with van der Waals surface area (Å²) in [5.41, 5.74) is 2.56. The van der Waals surface area contributed by atoms with Crippen LogP contribution in [-0.4, -0.2) is 16.0 Å². The summed E-state index contributed by atoms with van der Waals surface area (Å²) in [7, 11) is 0. The number of nitrogens with one attached hydrogen (secondary N) is 1. The molecule has 0 bridgehead atoms. The van der Waals surface area contributed by atoms with E-state index in [0.29, 0.717) is 17.8 Å². The number of carbonyl (C=O) groups is 1. The molecule has 0 saturated carbocycles. The van der Waals surface area contributed by atoms with E-state index in [-0.39, 0.29) is 11.8 Å². The first-order chi connectivity index (χ1) is 10.1. The van der Waals surface area contributed by atoms with Crippen molar-refractivity contribution in [2.24, 2.45) is 0 Å². The molecule has 1 aromatic carbocycles. The van der Waals surface area contributed by atoms with E-state index in [0.717, 1.165) is 16.5 Å². The van der Waals surface area contributed by atoms with Gasteiger partial charge in [-0.05, 0) is 25.5 Å². The van der Waals surface area contributed by atoms with Gasteiger partial charge in [-0.3, -0.25) is 10.1 Å². The van der Waals surface area contributed by atoms with Gasteiger partial charge in [0.05, 0.1) is 0 Å². The predicted molar refractivity (Wildman–Crippen MR) is 77.3 cm³/mol. The molecule has 0 unspecified atom stereocenters. The van der Waals surface area contributed by atoms with E-state index in [4.69, 9.17) is 8.94 Å². The number of aromatic nitrogens is 2. The average molecular weight is 285 g/mol. The molecule has 108 valence electrons. The Balaban J connectivity index is 1.92. The Morgan fingerprint density at radius 2 is 2.14 bits per heavy atom. The summed E-state index contributed by atoms with van der Waals surface area (Å²) in [6, 6.07) is 5.91. The molecular weight excluding hydrogens is 270 g/mol. The second-order valence-electron chi connectivity index (χ2n) is 4.88. The fourth-order valence-electron chi connectivity index (χ4n) is 2.15. The molecule has 1 amide bonds. The number of anilines is 1. The van der Waals surface area contributed by atoms with Crippen LogP contribution in [0.3, 0.4) is 0 Å². The monoisotopic (exact) mass is 285 g/mol. The van der Waals surface area contributed by atoms with Gasteiger partial charge in [-0.25, -0.2) is 0 Å². The molecule has 6 nitrogen and oxygen atoms in total. The maximum absolute atomic E-state index is 12.3. The van der Waals surface area contributed by atoms with E-state index in [9.17, 15) is 4.79 Å². The van der Waals surface area contributed by atoms with Crippen LogP contribution in [0.5, 0.6) is 0 Å². The number of carbonyl (C=O) groups excluding carboxylic acids is 1. The largest absolute Gasteiger partial charge is 0.451 e. The predicted octanol–water partition coefficient (Wildman–Crippen LogP) is 3.25. The van der Waals surface area contributed by atoms with Crippen molar-refractivity contribution in [3.8, 4) is 0 Å². The zero-order chi connectivity index (χ0) is 15.0. The van der Waals surface area contributed by atoms with Crippen molar-refractivity contribution in [3.05, 3.63) is 40.9 Å². The Kier molecular flexibility index (Phi) is 3.21. The van der Waals surface area contributed by atoms with Crippen LogP contribution in [-0.2, 0) is 6.42 Å². The van der Waals surface area contributed by atoms with E-state index in [1.54, 1.807) is 0 Å². The van der Waals surface area contributed by atoms with Gasteiger partial charge in [0.25, 0.3) is 5.91 Å². The van der Waals surface area contributed by atoms with Crippen LogP contribution >= 0.6 is 0 Å². The lowest BCUT2D eigenvalue weighted by atomic mass is 10.1. The molecule has 2 aromatic heterocycles. The summed E-state index contributed by atoms with van der Waals surface area (Å²) in [4.78, 5) is 16.3. The molecule has 3 aromatic rings. The molecule has 0 aliphatic heterocycles. The molecule has 0 aliphatic carbocycles. The number of nitrogens with zero attached hydrogens (tertiary/aromatic N) is 2. The number of rotatable bonds is 3. The fraction of sp³-hybridized carbons (Fsp3) is 0.267. The third-order valence-corrected chi connectivity index (χ3v) is 3.30. The highest BCUT2D eigenvalue weighted by Gasteiger charge is 2.19. The van der Waals surface area contributed by atoms with Crippen molar-refractivity contribution >= 4 is 22.9 Å². The lowest BCUT2D eigenvalue weighted by Crippen LogP contribution is -2.12. The Bertz CT molecular complexity index is 817. The highest BCUT2D eigenvalue weighted by molar-refractivity contribution is 6.05. The molecule has 0 spiro atoms. The second-order valence-corrected chi connectivity index (χ2v) is 4.88. The van der Waals surface area contributed by atoms with Gasteiger partial charge >= 0.3 is 6.01 Å². The summed E-state index contributed by atoms with van der Waals surface area (Å²) in [5, 5.41) is 7.20. The van der Waals surface area contributed by atoms with Gasteiger partial charge in [-0.1, -0.05) is 24.2 Å². The van der Waals surface area contributed by atoms with E-state index in [1.807, 2.05) is 39.0 Å². The number of fused-ring (bicyclic) bond motifs is 1. The van der Waals surface area contributed by atoms with Gasteiger partial charge in [0, 0.05) is 17.4 Å². The van der Waals surface area contributed by atoms with Crippen molar-refractivity contribution < 1.29 is 13.7 Å². The Morgan fingerprint density at radius 1 is 1.33 bits per heavy atom. The maximum atomic E-state index is 12.3. The van der Waals surface area contributed by atoms with E-state index in [2.05, 4.69) is 15.5 Å². The highest BCUT2D eigenvalue weighted by Crippen LogP contribution is 2.26. The normalized spacial score (nSPS) is 11.0. The molecule has 1 N–H and O–H groups in total. The quantitative estimate of drug-likeness (QED) is 0.798. The fourth-order valence-corrected chi connectivity index (χ4v) is 2.15. The van der Waals surface area contributed by atoms with Crippen molar-refractivity contribution in [3.63, 3.8) is 0 Å². The standard InChI is InChI=1S/C15H15N3O3/c1-4-12-16-15(21-18-12)17-14(19)13-9(3)10-6-5-8(2)7-11(10)20-13/h5-7H,4H2,1-3H3,(H,16,17,18,19). The smallest absolute Gasteiger partial charge is 0.328 e. The van der Waals surface area contributed by atoms with E-state index >= 15 is 0 Å². The summed E-state index contributed by atoms with van der Waals surface area (Å²) < 4.78 is 10.6. The SMILES string of the molecule is CCc1noc(NC(=O)c2oc3cc(C)ccc3c2C)n1. The zero-order valence-corrected chi connectivity index (χ0v) is 12.1. The molecule has 0 aliphatic rings. The van der Waals surface area contributed by atoms with Crippen LogP contribution in [0.1, 0.15) is 34.4 Å². The molecule has 0 radical (unpaired) electrons. The Hall–Kier alpha value is -2.63. The van der Waals surface area contributed by atoms with E-state index < -0.39 is 5.91 Å². The third-order valence-electron chi connectivity index (χ3n) is 3.30. The van der Waals surface area contributed by atoms with Gasteiger partial charge in [-0.2, -0.15) is 4.98 Å². The lowest BCUT2D eigenvalue weighted by Gasteiger charge is -1.97. The molecule has 0 atom stereocenters. The van der Waals surface area contributed by atoms with Gasteiger partial charge in [-0.15, -0.1) is 0 Å². The number of aryl methyl sites for hydroxylation is 3. The summed E-state index contributed by atoms with van der Waals surface area (Å²) >= 11 is 0. The van der Waals surface area contributed by atoms with Crippen molar-refractivity contribution in [2.45, 2.75) is 27.2 Å². The summed E-state index contributed by atoms with van der Waals surface area (Å²) in [6.45, 7) is 5.73. The molecule has 3 rings (SSSR count). The molecule has 21 heavy (non-hydrogen) atoms. The Morgan fingerprint density at radius 3 is 2.86 bits per heavy atom. The third kappa shape index (κ3) is 2.40. The first-order valence-electron chi connectivity index (χ1n) is 6.72. The number of amides is 1.